The van der Waals surface area contributed by atoms with E-state index in [1.165, 1.54) is 58.7 Å². The number of unbranched alkanes of at least 4 members (excludes halogenated alkanes) is 1. The molecule has 2 aliphatic rings. The van der Waals surface area contributed by atoms with Crippen molar-refractivity contribution in [2.45, 2.75) is 59.5 Å². The summed E-state index contributed by atoms with van der Waals surface area (Å²) in [5, 5.41) is 7.11. The molecule has 28 heavy (non-hydrogen) atoms. The predicted octanol–water partition coefficient (Wildman–Crippen LogP) is 2.31. The van der Waals surface area contributed by atoms with Crippen LogP contribution in [-0.2, 0) is 0 Å². The Kier molecular flexibility index (Phi) is 12.9. The molecule has 2 N–H and O–H groups in total. The molecule has 0 aromatic heterocycles. The average Bonchev–Trinajstić information content (AvgIpc) is 3.03. The molecule has 2 saturated heterocycles. The summed E-state index contributed by atoms with van der Waals surface area (Å²) in [5.41, 5.74) is 0. The molecule has 2 atom stereocenters. The summed E-state index contributed by atoms with van der Waals surface area (Å²) in [6.07, 6.45) is 2.42. The quantitative estimate of drug-likeness (QED) is 0.217. The Morgan fingerprint density at radius 1 is 1.04 bits per heavy atom. The van der Waals surface area contributed by atoms with E-state index in [9.17, 15) is 0 Å². The van der Waals surface area contributed by atoms with Crippen molar-refractivity contribution < 1.29 is 0 Å². The number of rotatable bonds is 9. The summed E-state index contributed by atoms with van der Waals surface area (Å²) in [4.78, 5) is 12.6. The lowest BCUT2D eigenvalue weighted by Crippen LogP contribution is -2.47. The van der Waals surface area contributed by atoms with Crippen LogP contribution < -0.4 is 10.6 Å². The van der Waals surface area contributed by atoms with Gasteiger partial charge in [0.25, 0.3) is 0 Å². The zero-order chi connectivity index (χ0) is 19.6. The van der Waals surface area contributed by atoms with Gasteiger partial charge < -0.3 is 20.4 Å². The van der Waals surface area contributed by atoms with Crippen LogP contribution in [0.1, 0.15) is 47.5 Å². The number of likely N-dealkylation sites (tertiary alicyclic amines) is 1. The topological polar surface area (TPSA) is 46.1 Å². The average molecular weight is 509 g/mol. The fourth-order valence-electron chi connectivity index (χ4n) is 4.08. The number of nitrogens with one attached hydrogen (secondary N) is 2. The van der Waals surface area contributed by atoms with Gasteiger partial charge in [0.15, 0.2) is 5.96 Å². The van der Waals surface area contributed by atoms with E-state index in [0.717, 1.165) is 25.6 Å². The number of guanidine groups is 1. The molecule has 0 aromatic carbocycles. The first-order valence-corrected chi connectivity index (χ1v) is 11.3. The molecule has 2 heterocycles. The van der Waals surface area contributed by atoms with Crippen LogP contribution in [-0.4, -0.2) is 98.2 Å². The predicted molar refractivity (Wildman–Crippen MR) is 132 cm³/mol. The van der Waals surface area contributed by atoms with Gasteiger partial charge in [0.1, 0.15) is 0 Å². The summed E-state index contributed by atoms with van der Waals surface area (Å²) in [7, 11) is 0. The molecule has 6 nitrogen and oxygen atoms in total. The van der Waals surface area contributed by atoms with Crippen molar-refractivity contribution >= 4 is 29.9 Å². The molecule has 2 fully saturated rings. The number of hydrogen-bond donors (Lipinski definition) is 2. The second kappa shape index (κ2) is 14.0. The molecular formula is C21H45IN6. The van der Waals surface area contributed by atoms with Gasteiger partial charge in [-0.1, -0.05) is 13.8 Å². The third kappa shape index (κ3) is 8.71. The zero-order valence-electron chi connectivity index (χ0n) is 18.9. The summed E-state index contributed by atoms with van der Waals surface area (Å²) < 4.78 is 0. The number of nitrogens with zero attached hydrogens (tertiary/aromatic N) is 4. The van der Waals surface area contributed by atoms with Crippen molar-refractivity contribution in [2.75, 3.05) is 65.4 Å². The number of aliphatic imine (C=N–C) groups is 1. The number of piperazine rings is 1. The molecule has 2 aliphatic heterocycles. The van der Waals surface area contributed by atoms with Crippen LogP contribution in [0.2, 0.25) is 0 Å². The Morgan fingerprint density at radius 2 is 1.71 bits per heavy atom. The molecule has 166 valence electrons. The van der Waals surface area contributed by atoms with Gasteiger partial charge in [-0.25, -0.2) is 0 Å². The molecule has 2 unspecified atom stereocenters. The number of halogens is 1. The maximum Gasteiger partial charge on any atom is 0.191 e. The molecule has 7 heteroatoms. The highest BCUT2D eigenvalue weighted by atomic mass is 127. The standard InChI is InChI=1S/C21H44N6.HI/c1-6-22-21(24-20-17-27(18(3)4)16-19(20)5)23-10-8-9-11-26-14-12-25(7-2)13-15-26;/h18-20H,6-17H2,1-5H3,(H2,22,23,24);1H. The third-order valence-electron chi connectivity index (χ3n) is 6.10. The molecule has 0 aromatic rings. The van der Waals surface area contributed by atoms with Crippen molar-refractivity contribution in [1.29, 1.82) is 0 Å². The third-order valence-corrected chi connectivity index (χ3v) is 6.10. The second-order valence-corrected chi connectivity index (χ2v) is 8.52. The van der Waals surface area contributed by atoms with Crippen molar-refractivity contribution in [2.24, 2.45) is 10.9 Å². The molecule has 0 bridgehead atoms. The molecule has 0 saturated carbocycles. The highest BCUT2D eigenvalue weighted by molar-refractivity contribution is 14.0. The first kappa shape index (κ1) is 25.9. The first-order chi connectivity index (χ1) is 13.0. The maximum absolute atomic E-state index is 4.84. The molecule has 0 spiro atoms. The highest BCUT2D eigenvalue weighted by Gasteiger charge is 2.31. The van der Waals surface area contributed by atoms with E-state index >= 15 is 0 Å². The van der Waals surface area contributed by atoms with Crippen molar-refractivity contribution in [3.05, 3.63) is 0 Å². The van der Waals surface area contributed by atoms with Crippen LogP contribution in [0.4, 0.5) is 0 Å². The smallest absolute Gasteiger partial charge is 0.191 e. The molecule has 2 rings (SSSR count). The minimum Gasteiger partial charge on any atom is -0.357 e. The number of likely N-dealkylation sites (N-methyl/N-ethyl adjacent to an activating group) is 1. The fraction of sp³-hybridized carbons (Fsp3) is 0.952. The lowest BCUT2D eigenvalue weighted by Gasteiger charge is -2.33. The highest BCUT2D eigenvalue weighted by Crippen LogP contribution is 2.18. The minimum atomic E-state index is 0. The second-order valence-electron chi connectivity index (χ2n) is 8.52. The SMILES string of the molecule is CCNC(=NCCCCN1CCN(CC)CC1)NC1CN(C(C)C)CC1C.I. The van der Waals surface area contributed by atoms with E-state index in [0.29, 0.717) is 18.0 Å². The van der Waals surface area contributed by atoms with E-state index in [1.54, 1.807) is 0 Å². The largest absolute Gasteiger partial charge is 0.357 e. The summed E-state index contributed by atoms with van der Waals surface area (Å²) >= 11 is 0. The van der Waals surface area contributed by atoms with Gasteiger partial charge in [-0.2, -0.15) is 0 Å². The van der Waals surface area contributed by atoms with Gasteiger partial charge in [0.2, 0.25) is 0 Å². The number of hydrogen-bond acceptors (Lipinski definition) is 4. The first-order valence-electron chi connectivity index (χ1n) is 11.3. The van der Waals surface area contributed by atoms with Crippen LogP contribution >= 0.6 is 24.0 Å². The van der Waals surface area contributed by atoms with Gasteiger partial charge in [-0.05, 0) is 52.6 Å². The van der Waals surface area contributed by atoms with Crippen molar-refractivity contribution in [3.8, 4) is 0 Å². The monoisotopic (exact) mass is 508 g/mol. The van der Waals surface area contributed by atoms with Crippen LogP contribution in [0.25, 0.3) is 0 Å². The maximum atomic E-state index is 4.84. The van der Waals surface area contributed by atoms with E-state index in [-0.39, 0.29) is 24.0 Å². The van der Waals surface area contributed by atoms with E-state index in [4.69, 9.17) is 4.99 Å². The van der Waals surface area contributed by atoms with Crippen LogP contribution in [0, 0.1) is 5.92 Å². The molecular weight excluding hydrogens is 463 g/mol. The van der Waals surface area contributed by atoms with Crippen LogP contribution in [0.15, 0.2) is 4.99 Å². The Hall–Kier alpha value is -0.120. The zero-order valence-corrected chi connectivity index (χ0v) is 21.2. The van der Waals surface area contributed by atoms with Gasteiger partial charge >= 0.3 is 0 Å². The van der Waals surface area contributed by atoms with Crippen LogP contribution in [0.5, 0.6) is 0 Å². The normalized spacial score (nSPS) is 25.1. The lowest BCUT2D eigenvalue weighted by molar-refractivity contribution is 0.136. The van der Waals surface area contributed by atoms with Gasteiger partial charge in [-0.3, -0.25) is 9.89 Å². The summed E-state index contributed by atoms with van der Waals surface area (Å²) in [6, 6.07) is 1.12. The van der Waals surface area contributed by atoms with Crippen molar-refractivity contribution in [3.63, 3.8) is 0 Å². The summed E-state index contributed by atoms with van der Waals surface area (Å²) in [5.74, 6) is 1.66. The Bertz CT molecular complexity index is 437. The van der Waals surface area contributed by atoms with E-state index in [2.05, 4.69) is 60.0 Å². The molecule has 0 amide bonds. The van der Waals surface area contributed by atoms with Gasteiger partial charge in [0.05, 0.1) is 0 Å². The Labute approximate surface area is 190 Å². The van der Waals surface area contributed by atoms with Gasteiger partial charge in [0, 0.05) is 64.4 Å². The summed E-state index contributed by atoms with van der Waals surface area (Å²) in [6.45, 7) is 22.8. The fourth-order valence-corrected chi connectivity index (χ4v) is 4.08. The van der Waals surface area contributed by atoms with E-state index in [1.807, 2.05) is 0 Å². The van der Waals surface area contributed by atoms with Crippen LogP contribution in [0.3, 0.4) is 0 Å². The minimum absolute atomic E-state index is 0. The Balaban J connectivity index is 0.00000392. The molecule has 0 aliphatic carbocycles. The lowest BCUT2D eigenvalue weighted by atomic mass is 10.1. The van der Waals surface area contributed by atoms with Crippen molar-refractivity contribution in [1.82, 2.24) is 25.3 Å². The van der Waals surface area contributed by atoms with Gasteiger partial charge in [-0.15, -0.1) is 24.0 Å². The Morgan fingerprint density at radius 3 is 2.29 bits per heavy atom. The van der Waals surface area contributed by atoms with E-state index < -0.39 is 0 Å². The molecule has 0 radical (unpaired) electrons.